The first-order valence-corrected chi connectivity index (χ1v) is 8.57. The minimum absolute atomic E-state index is 0.000661. The Labute approximate surface area is 145 Å². The predicted molar refractivity (Wildman–Crippen MR) is 89.4 cm³/mol. The molecule has 1 spiro atoms. The third-order valence-corrected chi connectivity index (χ3v) is 5.09. The van der Waals surface area contributed by atoms with Gasteiger partial charge in [0.1, 0.15) is 11.4 Å². The third kappa shape index (κ3) is 3.07. The lowest BCUT2D eigenvalue weighted by Gasteiger charge is -2.44. The number of ketones is 1. The van der Waals surface area contributed by atoms with Crippen LogP contribution in [0.25, 0.3) is 0 Å². The molecule has 0 saturated carbocycles. The molecule has 23 heavy (non-hydrogen) atoms. The smallest absolute Gasteiger partial charge is 0.225 e. The highest BCUT2D eigenvalue weighted by molar-refractivity contribution is 6.36. The Balaban J connectivity index is 1.81. The van der Waals surface area contributed by atoms with Crippen LogP contribution in [0.3, 0.4) is 0 Å². The van der Waals surface area contributed by atoms with Gasteiger partial charge in [0.2, 0.25) is 5.91 Å². The summed E-state index contributed by atoms with van der Waals surface area (Å²) in [4.78, 5) is 26.5. The number of ether oxygens (including phenoxy) is 1. The topological polar surface area (TPSA) is 46.6 Å². The molecular weight excluding hydrogens is 337 g/mol. The van der Waals surface area contributed by atoms with Gasteiger partial charge in [-0.05, 0) is 12.1 Å². The molecule has 4 nitrogen and oxygen atoms in total. The second kappa shape index (κ2) is 5.99. The van der Waals surface area contributed by atoms with Gasteiger partial charge in [0, 0.05) is 36.9 Å². The number of carbonyl (C=O) groups is 2. The third-order valence-electron chi connectivity index (χ3n) is 4.59. The number of hydrogen-bond acceptors (Lipinski definition) is 3. The van der Waals surface area contributed by atoms with Gasteiger partial charge >= 0.3 is 0 Å². The summed E-state index contributed by atoms with van der Waals surface area (Å²) in [7, 11) is 0. The van der Waals surface area contributed by atoms with Crippen LogP contribution in [0.4, 0.5) is 0 Å². The highest BCUT2D eigenvalue weighted by Gasteiger charge is 2.44. The van der Waals surface area contributed by atoms with Crippen LogP contribution in [0, 0.1) is 5.92 Å². The number of likely N-dealkylation sites (tertiary alicyclic amines) is 1. The van der Waals surface area contributed by atoms with Gasteiger partial charge < -0.3 is 9.64 Å². The van der Waals surface area contributed by atoms with E-state index in [9.17, 15) is 9.59 Å². The second-order valence-corrected chi connectivity index (χ2v) is 7.47. The maximum Gasteiger partial charge on any atom is 0.225 e. The van der Waals surface area contributed by atoms with E-state index in [0.717, 1.165) is 0 Å². The number of halogens is 2. The quantitative estimate of drug-likeness (QED) is 0.765. The molecule has 0 unspecified atom stereocenters. The summed E-state index contributed by atoms with van der Waals surface area (Å²) in [6.45, 7) is 5.00. The Morgan fingerprint density at radius 3 is 2.52 bits per heavy atom. The molecule has 2 aliphatic heterocycles. The molecule has 6 heteroatoms. The van der Waals surface area contributed by atoms with E-state index in [1.807, 2.05) is 18.7 Å². The van der Waals surface area contributed by atoms with Gasteiger partial charge in [-0.3, -0.25) is 9.59 Å². The molecule has 0 atom stereocenters. The Bertz CT molecular complexity index is 664. The van der Waals surface area contributed by atoms with E-state index in [0.29, 0.717) is 53.7 Å². The number of fused-ring (bicyclic) bond motifs is 1. The number of piperidine rings is 1. The highest BCUT2D eigenvalue weighted by Crippen LogP contribution is 2.44. The van der Waals surface area contributed by atoms with Gasteiger partial charge in [0.15, 0.2) is 5.78 Å². The van der Waals surface area contributed by atoms with Crippen molar-refractivity contribution in [1.82, 2.24) is 4.90 Å². The molecule has 2 heterocycles. The summed E-state index contributed by atoms with van der Waals surface area (Å²) in [6.07, 6.45) is 1.57. The van der Waals surface area contributed by atoms with E-state index in [1.165, 1.54) is 0 Å². The number of nitrogens with zero attached hydrogens (tertiary/aromatic N) is 1. The Hall–Kier alpha value is -1.26. The molecule has 2 aliphatic rings. The summed E-state index contributed by atoms with van der Waals surface area (Å²) >= 11 is 12.2. The first-order valence-electron chi connectivity index (χ1n) is 7.81. The molecule has 0 radical (unpaired) electrons. The molecule has 0 N–H and O–H groups in total. The lowest BCUT2D eigenvalue weighted by Crippen LogP contribution is -2.53. The van der Waals surface area contributed by atoms with Crippen molar-refractivity contribution in [3.63, 3.8) is 0 Å². The van der Waals surface area contributed by atoms with Crippen LogP contribution in [0.2, 0.25) is 10.0 Å². The van der Waals surface area contributed by atoms with Crippen LogP contribution in [-0.2, 0) is 4.79 Å². The summed E-state index contributed by atoms with van der Waals surface area (Å²) < 4.78 is 6.16. The van der Waals surface area contributed by atoms with Crippen LogP contribution >= 0.6 is 23.2 Å². The van der Waals surface area contributed by atoms with E-state index >= 15 is 0 Å². The highest BCUT2D eigenvalue weighted by atomic mass is 35.5. The summed E-state index contributed by atoms with van der Waals surface area (Å²) in [5, 5.41) is 0.791. The Morgan fingerprint density at radius 2 is 1.91 bits per heavy atom. The first kappa shape index (κ1) is 16.6. The van der Waals surface area contributed by atoms with Crippen LogP contribution in [0.5, 0.6) is 5.75 Å². The van der Waals surface area contributed by atoms with E-state index in [1.54, 1.807) is 12.1 Å². The lowest BCUT2D eigenvalue weighted by molar-refractivity contribution is -0.138. The van der Waals surface area contributed by atoms with Gasteiger partial charge in [0.25, 0.3) is 0 Å². The molecule has 3 rings (SSSR count). The monoisotopic (exact) mass is 355 g/mol. The minimum atomic E-state index is -0.560. The number of Topliss-reactive ketones (excluding diaryl/α,β-unsaturated/α-hetero) is 1. The number of hydrogen-bond donors (Lipinski definition) is 0. The van der Waals surface area contributed by atoms with Gasteiger partial charge in [0.05, 0.1) is 17.0 Å². The van der Waals surface area contributed by atoms with E-state index in [4.69, 9.17) is 27.9 Å². The van der Waals surface area contributed by atoms with Gasteiger partial charge in [-0.25, -0.2) is 0 Å². The summed E-state index contributed by atoms with van der Waals surface area (Å²) in [5.41, 5.74) is -0.108. The zero-order chi connectivity index (χ0) is 16.8. The molecule has 0 aromatic heterocycles. The van der Waals surface area contributed by atoms with E-state index in [-0.39, 0.29) is 17.6 Å². The molecule has 1 fully saturated rings. The molecule has 1 amide bonds. The van der Waals surface area contributed by atoms with Gasteiger partial charge in [-0.15, -0.1) is 0 Å². The van der Waals surface area contributed by atoms with Crippen molar-refractivity contribution in [2.75, 3.05) is 13.1 Å². The average Bonchev–Trinajstić information content (AvgIpc) is 2.49. The maximum absolute atomic E-state index is 12.5. The number of rotatable bonds is 1. The first-order chi connectivity index (χ1) is 10.8. The molecule has 1 aromatic carbocycles. The van der Waals surface area contributed by atoms with Gasteiger partial charge in [-0.1, -0.05) is 37.0 Å². The van der Waals surface area contributed by atoms with Crippen LogP contribution in [0.1, 0.15) is 43.5 Å². The molecule has 0 aliphatic carbocycles. The minimum Gasteiger partial charge on any atom is -0.484 e. The largest absolute Gasteiger partial charge is 0.484 e. The van der Waals surface area contributed by atoms with Gasteiger partial charge in [-0.2, -0.15) is 0 Å². The molecule has 1 saturated heterocycles. The summed E-state index contributed by atoms with van der Waals surface area (Å²) in [6, 6.07) is 3.20. The molecule has 1 aromatic rings. The standard InChI is InChI=1S/C17H19Cl2NO3/c1-10(2)16(22)20-5-3-17(4-6-20)9-14(21)12-7-11(18)8-13(19)15(12)23-17/h7-8,10H,3-6,9H2,1-2H3. The van der Waals surface area contributed by atoms with Crippen LogP contribution in [-0.4, -0.2) is 35.3 Å². The van der Waals surface area contributed by atoms with E-state index < -0.39 is 5.60 Å². The Morgan fingerprint density at radius 1 is 1.26 bits per heavy atom. The molecule has 124 valence electrons. The number of carbonyl (C=O) groups excluding carboxylic acids is 2. The fraction of sp³-hybridized carbons (Fsp3) is 0.529. The van der Waals surface area contributed by atoms with Crippen LogP contribution in [0.15, 0.2) is 12.1 Å². The lowest BCUT2D eigenvalue weighted by atomic mass is 9.82. The van der Waals surface area contributed by atoms with Crippen molar-refractivity contribution in [2.45, 2.75) is 38.7 Å². The van der Waals surface area contributed by atoms with Crippen molar-refractivity contribution < 1.29 is 14.3 Å². The maximum atomic E-state index is 12.5. The van der Waals surface area contributed by atoms with Crippen molar-refractivity contribution in [3.8, 4) is 5.75 Å². The van der Waals surface area contributed by atoms with Crippen molar-refractivity contribution in [1.29, 1.82) is 0 Å². The summed E-state index contributed by atoms with van der Waals surface area (Å²) in [5.74, 6) is 0.553. The molecular formula is C17H19Cl2NO3. The fourth-order valence-corrected chi connectivity index (χ4v) is 3.82. The van der Waals surface area contributed by atoms with Crippen LogP contribution < -0.4 is 4.74 Å². The predicted octanol–water partition coefficient (Wildman–Crippen LogP) is 3.98. The fourth-order valence-electron chi connectivity index (χ4n) is 3.29. The second-order valence-electron chi connectivity index (χ2n) is 6.63. The number of amides is 1. The van der Waals surface area contributed by atoms with Crippen molar-refractivity contribution in [2.24, 2.45) is 5.92 Å². The molecule has 0 bridgehead atoms. The Kier molecular flexibility index (Phi) is 4.32. The van der Waals surface area contributed by atoms with Crippen molar-refractivity contribution in [3.05, 3.63) is 27.7 Å². The number of benzene rings is 1. The van der Waals surface area contributed by atoms with Crippen molar-refractivity contribution >= 4 is 34.9 Å². The average molecular weight is 356 g/mol. The SMILES string of the molecule is CC(C)C(=O)N1CCC2(CC1)CC(=O)c1cc(Cl)cc(Cl)c1O2. The zero-order valence-corrected chi connectivity index (χ0v) is 14.7. The normalized spacial score (nSPS) is 19.7. The zero-order valence-electron chi connectivity index (χ0n) is 13.2. The van der Waals surface area contributed by atoms with E-state index in [2.05, 4.69) is 0 Å².